The number of likely N-dealkylation sites (N-methyl/N-ethyl adjacent to an activating group) is 1. The van der Waals surface area contributed by atoms with E-state index in [0.29, 0.717) is 29.0 Å². The van der Waals surface area contributed by atoms with Crippen LogP contribution in [0.4, 0.5) is 8.78 Å². The third kappa shape index (κ3) is 6.72. The highest BCUT2D eigenvalue weighted by Gasteiger charge is 2.25. The number of halogens is 2. The fourth-order valence-electron chi connectivity index (χ4n) is 6.50. The molecule has 0 radical (unpaired) electrons. The molecule has 4 aliphatic carbocycles. The first-order valence-corrected chi connectivity index (χ1v) is 14.9. The molecule has 40 heavy (non-hydrogen) atoms. The Morgan fingerprint density at radius 2 is 1.90 bits per heavy atom. The van der Waals surface area contributed by atoms with Gasteiger partial charge in [0, 0.05) is 30.4 Å². The Bertz CT molecular complexity index is 1310. The topological polar surface area (TPSA) is 15.3 Å². The van der Waals surface area contributed by atoms with E-state index in [1.165, 1.54) is 17.7 Å². The molecule has 5 rings (SSSR count). The van der Waals surface area contributed by atoms with Crippen molar-refractivity contribution in [2.45, 2.75) is 51.0 Å². The van der Waals surface area contributed by atoms with Crippen molar-refractivity contribution in [1.29, 1.82) is 0 Å². The van der Waals surface area contributed by atoms with Crippen LogP contribution in [-0.4, -0.2) is 31.6 Å². The molecular weight excluding hydrogens is 498 g/mol. The lowest BCUT2D eigenvalue weighted by Crippen LogP contribution is -2.36. The molecule has 3 unspecified atom stereocenters. The number of rotatable bonds is 9. The van der Waals surface area contributed by atoms with Crippen LogP contribution in [0, 0.1) is 29.4 Å². The van der Waals surface area contributed by atoms with E-state index in [1.54, 1.807) is 7.05 Å². The standard InChI is InChI=1S/C36H42F2N2/c1-39-35(24-36(28-17-10-5-11-18-28)40(2)25-26-13-6-3-7-14-26)32-23-33(37)31(22-34(32)38)30-20-12-19-29(21-30)27-15-8-4-9-16-27/h3-8,10,12-13,17,20-24,26-27,29,36,39H,9,11,14-16,18-19,25H2,1-2H3/b35-24-/t26?,27?,29-,36?/m0/s1. The van der Waals surface area contributed by atoms with E-state index in [2.05, 4.69) is 90.2 Å². The second-order valence-electron chi connectivity index (χ2n) is 11.5. The molecule has 2 nitrogen and oxygen atoms in total. The lowest BCUT2D eigenvalue weighted by molar-refractivity contribution is 0.274. The van der Waals surface area contributed by atoms with Gasteiger partial charge in [-0.15, -0.1) is 0 Å². The van der Waals surface area contributed by atoms with Crippen molar-refractivity contribution in [2.24, 2.45) is 17.8 Å². The van der Waals surface area contributed by atoms with Crippen molar-refractivity contribution in [3.63, 3.8) is 0 Å². The molecule has 1 aromatic carbocycles. The van der Waals surface area contributed by atoms with Crippen molar-refractivity contribution in [3.8, 4) is 0 Å². The summed E-state index contributed by atoms with van der Waals surface area (Å²) in [5, 5.41) is 3.19. The minimum atomic E-state index is -0.409. The zero-order chi connectivity index (χ0) is 27.9. The van der Waals surface area contributed by atoms with E-state index in [4.69, 9.17) is 0 Å². The number of allylic oxidation sites excluding steroid dienone is 12. The minimum absolute atomic E-state index is 0.0249. The Kier molecular flexibility index (Phi) is 9.49. The SMILES string of the molecule is CN/C(=C\C(C1=CC=CCC1)N(C)CC1C=CC=CC1)c1cc(F)c(C2=C[C@@H](C3CC=CCC3)CC=C2)cc1F. The fraction of sp³-hybridized carbons (Fsp3) is 0.389. The van der Waals surface area contributed by atoms with Gasteiger partial charge in [-0.2, -0.15) is 0 Å². The van der Waals surface area contributed by atoms with Crippen molar-refractivity contribution in [1.82, 2.24) is 10.2 Å². The summed E-state index contributed by atoms with van der Waals surface area (Å²) in [6.45, 7) is 0.883. The summed E-state index contributed by atoms with van der Waals surface area (Å²) >= 11 is 0. The normalized spacial score (nSPS) is 25.2. The summed E-state index contributed by atoms with van der Waals surface area (Å²) < 4.78 is 31.5. The summed E-state index contributed by atoms with van der Waals surface area (Å²) in [4.78, 5) is 2.33. The van der Waals surface area contributed by atoms with E-state index in [1.807, 2.05) is 6.08 Å². The van der Waals surface area contributed by atoms with Crippen LogP contribution in [0.25, 0.3) is 11.3 Å². The Morgan fingerprint density at radius 1 is 1.00 bits per heavy atom. The molecule has 0 saturated carbocycles. The van der Waals surface area contributed by atoms with Crippen LogP contribution in [0.15, 0.2) is 96.7 Å². The van der Waals surface area contributed by atoms with Crippen molar-refractivity contribution in [3.05, 3.63) is 119 Å². The maximum atomic E-state index is 15.8. The quantitative estimate of drug-likeness (QED) is 0.316. The van der Waals surface area contributed by atoms with Gasteiger partial charge < -0.3 is 5.32 Å². The van der Waals surface area contributed by atoms with Gasteiger partial charge in [0.2, 0.25) is 0 Å². The Hall–Kier alpha value is -3.24. The lowest BCUT2D eigenvalue weighted by atomic mass is 9.78. The van der Waals surface area contributed by atoms with Gasteiger partial charge in [-0.1, -0.05) is 72.9 Å². The van der Waals surface area contributed by atoms with E-state index in [-0.39, 0.29) is 17.4 Å². The number of benzene rings is 1. The molecule has 0 heterocycles. The molecule has 210 valence electrons. The zero-order valence-corrected chi connectivity index (χ0v) is 23.8. The molecule has 4 heteroatoms. The molecule has 0 spiro atoms. The van der Waals surface area contributed by atoms with Gasteiger partial charge in [0.25, 0.3) is 0 Å². The molecule has 4 atom stereocenters. The largest absolute Gasteiger partial charge is 0.388 e. The van der Waals surface area contributed by atoms with Crippen LogP contribution in [0.1, 0.15) is 56.1 Å². The molecule has 1 aromatic rings. The average Bonchev–Trinajstić information content (AvgIpc) is 3.00. The maximum Gasteiger partial charge on any atom is 0.133 e. The maximum absolute atomic E-state index is 15.8. The summed E-state index contributed by atoms with van der Waals surface area (Å²) in [5.41, 5.74) is 3.29. The number of nitrogens with zero attached hydrogens (tertiary/aromatic N) is 1. The van der Waals surface area contributed by atoms with Crippen LogP contribution in [0.3, 0.4) is 0 Å². The first-order chi connectivity index (χ1) is 19.5. The summed E-state index contributed by atoms with van der Waals surface area (Å²) in [5.74, 6) is 0.564. The molecule has 0 fully saturated rings. The first-order valence-electron chi connectivity index (χ1n) is 14.9. The number of hydrogen-bond donors (Lipinski definition) is 1. The van der Waals surface area contributed by atoms with Crippen LogP contribution >= 0.6 is 0 Å². The smallest absolute Gasteiger partial charge is 0.133 e. The monoisotopic (exact) mass is 540 g/mol. The van der Waals surface area contributed by atoms with Crippen molar-refractivity contribution >= 4 is 11.3 Å². The predicted octanol–water partition coefficient (Wildman–Crippen LogP) is 8.55. The second-order valence-corrected chi connectivity index (χ2v) is 11.5. The molecule has 0 amide bonds. The first kappa shape index (κ1) is 28.3. The molecule has 4 aliphatic rings. The second kappa shape index (κ2) is 13.4. The number of hydrogen-bond acceptors (Lipinski definition) is 2. The lowest BCUT2D eigenvalue weighted by Gasteiger charge is -2.32. The van der Waals surface area contributed by atoms with Gasteiger partial charge in [-0.25, -0.2) is 8.78 Å². The predicted molar refractivity (Wildman–Crippen MR) is 164 cm³/mol. The van der Waals surface area contributed by atoms with Crippen LogP contribution in [0.2, 0.25) is 0 Å². The third-order valence-electron chi connectivity index (χ3n) is 8.76. The van der Waals surface area contributed by atoms with Gasteiger partial charge in [0.15, 0.2) is 0 Å². The molecule has 1 N–H and O–H groups in total. The summed E-state index contributed by atoms with van der Waals surface area (Å²) in [6, 6.07) is 2.73. The molecule has 0 bridgehead atoms. The van der Waals surface area contributed by atoms with Crippen LogP contribution in [-0.2, 0) is 0 Å². The van der Waals surface area contributed by atoms with Gasteiger partial charge in [-0.3, -0.25) is 4.90 Å². The highest BCUT2D eigenvalue weighted by Crippen LogP contribution is 2.36. The minimum Gasteiger partial charge on any atom is -0.388 e. The molecule has 0 saturated heterocycles. The summed E-state index contributed by atoms with van der Waals surface area (Å²) in [6.07, 6.45) is 35.1. The van der Waals surface area contributed by atoms with E-state index >= 15 is 8.78 Å². The van der Waals surface area contributed by atoms with Crippen molar-refractivity contribution < 1.29 is 8.78 Å². The zero-order valence-electron chi connectivity index (χ0n) is 23.8. The third-order valence-corrected chi connectivity index (χ3v) is 8.76. The number of nitrogens with one attached hydrogen (secondary N) is 1. The van der Waals surface area contributed by atoms with Gasteiger partial charge >= 0.3 is 0 Å². The van der Waals surface area contributed by atoms with E-state index in [9.17, 15) is 0 Å². The highest BCUT2D eigenvalue weighted by molar-refractivity contribution is 5.77. The van der Waals surface area contributed by atoms with Gasteiger partial charge in [0.1, 0.15) is 11.6 Å². The van der Waals surface area contributed by atoms with Gasteiger partial charge in [0.05, 0.1) is 6.04 Å². The average molecular weight is 541 g/mol. The molecule has 0 aromatic heterocycles. The van der Waals surface area contributed by atoms with E-state index in [0.717, 1.165) is 57.1 Å². The van der Waals surface area contributed by atoms with Crippen LogP contribution in [0.5, 0.6) is 0 Å². The van der Waals surface area contributed by atoms with Crippen molar-refractivity contribution in [2.75, 3.05) is 20.6 Å². The van der Waals surface area contributed by atoms with Gasteiger partial charge in [-0.05, 0) is 99.1 Å². The Morgan fingerprint density at radius 3 is 2.62 bits per heavy atom. The Labute approximate surface area is 238 Å². The Balaban J connectivity index is 1.43. The van der Waals surface area contributed by atoms with Crippen LogP contribution < -0.4 is 5.32 Å². The molecular formula is C36H42F2N2. The molecule has 0 aliphatic heterocycles. The highest BCUT2D eigenvalue weighted by atomic mass is 19.1. The van der Waals surface area contributed by atoms with E-state index < -0.39 is 5.82 Å². The fourth-order valence-corrected chi connectivity index (χ4v) is 6.50. The summed E-state index contributed by atoms with van der Waals surface area (Å²) in [7, 11) is 3.91.